The normalized spacial score (nSPS) is 11.9. The van der Waals surface area contributed by atoms with Gasteiger partial charge in [-0.15, -0.1) is 0 Å². The summed E-state index contributed by atoms with van der Waals surface area (Å²) in [6.07, 6.45) is 1.37. The summed E-state index contributed by atoms with van der Waals surface area (Å²) in [6, 6.07) is 7.11. The second kappa shape index (κ2) is 5.56. The molecule has 1 aromatic carbocycles. The first-order valence-corrected chi connectivity index (χ1v) is 5.98. The summed E-state index contributed by atoms with van der Waals surface area (Å²) in [7, 11) is 0. The van der Waals surface area contributed by atoms with Gasteiger partial charge >= 0.3 is 5.97 Å². The number of carboxylic acid groups (broad SMARTS) is 1. The minimum Gasteiger partial charge on any atom is -0.478 e. The van der Waals surface area contributed by atoms with Gasteiger partial charge in [-0.2, -0.15) is 0 Å². The third-order valence-corrected chi connectivity index (χ3v) is 2.84. The lowest BCUT2D eigenvalue weighted by Gasteiger charge is -2.16. The molecule has 1 unspecified atom stereocenters. The van der Waals surface area contributed by atoms with Crippen LogP contribution in [-0.2, 0) is 0 Å². The number of benzene rings is 1. The van der Waals surface area contributed by atoms with Gasteiger partial charge in [-0.25, -0.2) is 14.2 Å². The second-order valence-electron chi connectivity index (χ2n) is 4.39. The molecule has 0 amide bonds. The van der Waals surface area contributed by atoms with Crippen LogP contribution < -0.4 is 11.1 Å². The zero-order valence-electron chi connectivity index (χ0n) is 10.8. The molecule has 0 saturated carbocycles. The zero-order valence-corrected chi connectivity index (χ0v) is 10.8. The summed E-state index contributed by atoms with van der Waals surface area (Å²) >= 11 is 0. The molecule has 5 nitrogen and oxygen atoms in total. The number of nitrogen functional groups attached to an aromatic ring is 1. The number of nitrogens with two attached hydrogens (primary N) is 1. The monoisotopic (exact) mass is 275 g/mol. The molecule has 2 rings (SSSR count). The van der Waals surface area contributed by atoms with E-state index in [1.54, 1.807) is 19.1 Å². The number of anilines is 2. The highest BCUT2D eigenvalue weighted by Gasteiger charge is 2.15. The number of carbonyl (C=O) groups is 1. The molecular formula is C14H14FN3O2. The van der Waals surface area contributed by atoms with E-state index in [1.165, 1.54) is 24.4 Å². The summed E-state index contributed by atoms with van der Waals surface area (Å²) < 4.78 is 13.2. The minimum absolute atomic E-state index is 0.0201. The number of halogens is 1. The van der Waals surface area contributed by atoms with Gasteiger partial charge in [0.25, 0.3) is 0 Å². The Morgan fingerprint density at radius 1 is 1.45 bits per heavy atom. The lowest BCUT2D eigenvalue weighted by molar-refractivity contribution is 0.0697. The van der Waals surface area contributed by atoms with Gasteiger partial charge in [0.1, 0.15) is 17.2 Å². The van der Waals surface area contributed by atoms with Gasteiger partial charge in [0, 0.05) is 0 Å². The van der Waals surface area contributed by atoms with Crippen molar-refractivity contribution < 1.29 is 14.3 Å². The first-order valence-electron chi connectivity index (χ1n) is 5.98. The van der Waals surface area contributed by atoms with E-state index in [1.807, 2.05) is 0 Å². The van der Waals surface area contributed by atoms with Crippen molar-refractivity contribution in [2.24, 2.45) is 0 Å². The first kappa shape index (κ1) is 13.8. The molecule has 0 spiro atoms. The van der Waals surface area contributed by atoms with Gasteiger partial charge in [0.2, 0.25) is 0 Å². The van der Waals surface area contributed by atoms with Gasteiger partial charge in [-0.05, 0) is 30.7 Å². The van der Waals surface area contributed by atoms with Crippen molar-refractivity contribution in [1.29, 1.82) is 0 Å². The fourth-order valence-corrected chi connectivity index (χ4v) is 1.82. The number of pyridine rings is 1. The minimum atomic E-state index is -1.13. The van der Waals surface area contributed by atoms with Crippen LogP contribution in [0.25, 0.3) is 0 Å². The van der Waals surface area contributed by atoms with Crippen LogP contribution >= 0.6 is 0 Å². The van der Waals surface area contributed by atoms with Crippen molar-refractivity contribution in [2.75, 3.05) is 11.1 Å². The van der Waals surface area contributed by atoms with Crippen LogP contribution in [0.15, 0.2) is 36.5 Å². The fourth-order valence-electron chi connectivity index (χ4n) is 1.82. The van der Waals surface area contributed by atoms with E-state index >= 15 is 0 Å². The van der Waals surface area contributed by atoms with Gasteiger partial charge in [0.15, 0.2) is 0 Å². The van der Waals surface area contributed by atoms with Crippen molar-refractivity contribution in [3.05, 3.63) is 53.5 Å². The Bertz CT molecular complexity index is 646. The molecule has 0 aliphatic carbocycles. The quantitative estimate of drug-likeness (QED) is 0.798. The van der Waals surface area contributed by atoms with Crippen LogP contribution in [0.1, 0.15) is 28.9 Å². The predicted octanol–water partition coefficient (Wildman–Crippen LogP) is 2.67. The molecule has 0 aliphatic heterocycles. The molecule has 1 aromatic heterocycles. The first-order chi connectivity index (χ1) is 9.47. The molecule has 2 aromatic rings. The van der Waals surface area contributed by atoms with Gasteiger partial charge in [0.05, 0.1) is 17.9 Å². The molecule has 20 heavy (non-hydrogen) atoms. The van der Waals surface area contributed by atoms with Crippen molar-refractivity contribution in [2.45, 2.75) is 13.0 Å². The van der Waals surface area contributed by atoms with Crippen LogP contribution in [-0.4, -0.2) is 16.1 Å². The topological polar surface area (TPSA) is 88.2 Å². The highest BCUT2D eigenvalue weighted by molar-refractivity contribution is 5.94. The van der Waals surface area contributed by atoms with Crippen molar-refractivity contribution in [3.8, 4) is 0 Å². The Morgan fingerprint density at radius 2 is 2.20 bits per heavy atom. The van der Waals surface area contributed by atoms with Crippen molar-refractivity contribution in [3.63, 3.8) is 0 Å². The van der Waals surface area contributed by atoms with E-state index in [2.05, 4.69) is 10.3 Å². The summed E-state index contributed by atoms with van der Waals surface area (Å²) in [6.45, 7) is 1.79. The number of aromatic carboxylic acids is 1. The molecular weight excluding hydrogens is 261 g/mol. The Morgan fingerprint density at radius 3 is 2.85 bits per heavy atom. The number of hydrogen-bond donors (Lipinski definition) is 3. The summed E-state index contributed by atoms with van der Waals surface area (Å²) in [5.41, 5.74) is 6.47. The number of aromatic nitrogens is 1. The lowest BCUT2D eigenvalue weighted by Crippen LogP contribution is -2.13. The van der Waals surface area contributed by atoms with Crippen LogP contribution in [0, 0.1) is 5.82 Å². The van der Waals surface area contributed by atoms with E-state index in [9.17, 15) is 9.18 Å². The lowest BCUT2D eigenvalue weighted by atomic mass is 10.1. The Kier molecular flexibility index (Phi) is 3.84. The van der Waals surface area contributed by atoms with E-state index < -0.39 is 5.97 Å². The molecule has 1 atom stereocenters. The largest absolute Gasteiger partial charge is 0.478 e. The van der Waals surface area contributed by atoms with Gasteiger partial charge in [-0.1, -0.05) is 12.1 Å². The number of rotatable bonds is 4. The number of hydrogen-bond acceptors (Lipinski definition) is 4. The Balaban J connectivity index is 2.28. The van der Waals surface area contributed by atoms with Crippen LogP contribution in [0.4, 0.5) is 15.9 Å². The van der Waals surface area contributed by atoms with Gasteiger partial charge < -0.3 is 16.2 Å². The smallest absolute Gasteiger partial charge is 0.339 e. The molecule has 0 bridgehead atoms. The number of carboxylic acids is 1. The average Bonchev–Trinajstić information content (AvgIpc) is 2.40. The Labute approximate surface area is 115 Å². The maximum absolute atomic E-state index is 13.2. The van der Waals surface area contributed by atoms with Crippen molar-refractivity contribution in [1.82, 2.24) is 4.98 Å². The standard InChI is InChI=1S/C14H14FN3O2/c1-8(9-3-2-4-10(15)5-9)18-13-12(14(19)20)6-11(16)7-17-13/h2-8H,16H2,1H3,(H,17,18)(H,19,20). The molecule has 104 valence electrons. The predicted molar refractivity (Wildman–Crippen MR) is 74.0 cm³/mol. The highest BCUT2D eigenvalue weighted by atomic mass is 19.1. The molecule has 0 saturated heterocycles. The van der Waals surface area contributed by atoms with E-state index in [0.717, 1.165) is 0 Å². The van der Waals surface area contributed by atoms with Crippen LogP contribution in [0.5, 0.6) is 0 Å². The summed E-state index contributed by atoms with van der Waals surface area (Å²) in [5, 5.41) is 12.1. The average molecular weight is 275 g/mol. The maximum Gasteiger partial charge on any atom is 0.339 e. The third kappa shape index (κ3) is 3.03. The molecule has 1 heterocycles. The Hall–Kier alpha value is -2.63. The van der Waals surface area contributed by atoms with E-state index in [-0.39, 0.29) is 28.9 Å². The second-order valence-corrected chi connectivity index (χ2v) is 4.39. The maximum atomic E-state index is 13.2. The van der Waals surface area contributed by atoms with Crippen LogP contribution in [0.2, 0.25) is 0 Å². The third-order valence-electron chi connectivity index (χ3n) is 2.84. The number of nitrogens with zero attached hydrogens (tertiary/aromatic N) is 1. The van der Waals surface area contributed by atoms with Gasteiger partial charge in [-0.3, -0.25) is 0 Å². The van der Waals surface area contributed by atoms with E-state index in [4.69, 9.17) is 10.8 Å². The molecule has 0 fully saturated rings. The van der Waals surface area contributed by atoms with E-state index in [0.29, 0.717) is 5.56 Å². The molecule has 6 heteroatoms. The molecule has 0 radical (unpaired) electrons. The zero-order chi connectivity index (χ0) is 14.7. The molecule has 0 aliphatic rings. The SMILES string of the molecule is CC(Nc1ncc(N)cc1C(=O)O)c1cccc(F)c1. The van der Waals surface area contributed by atoms with Crippen molar-refractivity contribution >= 4 is 17.5 Å². The highest BCUT2D eigenvalue weighted by Crippen LogP contribution is 2.22. The summed E-state index contributed by atoms with van der Waals surface area (Å²) in [4.78, 5) is 15.1. The summed E-state index contributed by atoms with van der Waals surface area (Å²) in [5.74, 6) is -1.28. The number of nitrogens with one attached hydrogen (secondary N) is 1. The fraction of sp³-hybridized carbons (Fsp3) is 0.143. The van der Waals surface area contributed by atoms with Crippen LogP contribution in [0.3, 0.4) is 0 Å². The molecule has 4 N–H and O–H groups in total.